The third kappa shape index (κ3) is 6.16. The molecule has 1 saturated heterocycles. The molecule has 2 heterocycles. The van der Waals surface area contributed by atoms with Gasteiger partial charge in [-0.2, -0.15) is 0 Å². The first-order chi connectivity index (χ1) is 13.3. The first-order valence-electron chi connectivity index (χ1n) is 9.66. The van der Waals surface area contributed by atoms with Gasteiger partial charge in [0.15, 0.2) is 0 Å². The Morgan fingerprint density at radius 3 is 2.57 bits per heavy atom. The Hall–Kier alpha value is -1.69. The molecular formula is C22H28ClFN2O2. The van der Waals surface area contributed by atoms with E-state index < -0.39 is 0 Å². The van der Waals surface area contributed by atoms with Crippen molar-refractivity contribution in [1.29, 1.82) is 0 Å². The molecule has 0 N–H and O–H groups in total. The summed E-state index contributed by atoms with van der Waals surface area (Å²) in [5.74, 6) is 0.908. The van der Waals surface area contributed by atoms with E-state index in [-0.39, 0.29) is 17.3 Å². The van der Waals surface area contributed by atoms with E-state index in [4.69, 9.17) is 21.1 Å². The Morgan fingerprint density at radius 2 is 1.93 bits per heavy atom. The second-order valence-corrected chi connectivity index (χ2v) is 8.73. The number of piperidine rings is 1. The Morgan fingerprint density at radius 1 is 1.18 bits per heavy atom. The van der Waals surface area contributed by atoms with E-state index in [1.807, 2.05) is 12.1 Å². The van der Waals surface area contributed by atoms with Gasteiger partial charge in [-0.3, -0.25) is 4.90 Å². The average Bonchev–Trinajstić information content (AvgIpc) is 2.66. The fourth-order valence-corrected chi connectivity index (χ4v) is 3.51. The van der Waals surface area contributed by atoms with Gasteiger partial charge in [-0.1, -0.05) is 23.7 Å². The van der Waals surface area contributed by atoms with Crippen molar-refractivity contribution >= 4 is 11.6 Å². The molecule has 1 aromatic heterocycles. The molecule has 0 amide bonds. The molecule has 152 valence electrons. The van der Waals surface area contributed by atoms with Crippen molar-refractivity contribution in [3.05, 3.63) is 59.0 Å². The monoisotopic (exact) mass is 406 g/mol. The van der Waals surface area contributed by atoms with Crippen LogP contribution in [-0.2, 0) is 4.74 Å². The van der Waals surface area contributed by atoms with Gasteiger partial charge in [-0.05, 0) is 51.0 Å². The molecule has 28 heavy (non-hydrogen) atoms. The third-order valence-electron chi connectivity index (χ3n) is 4.96. The second-order valence-electron chi connectivity index (χ2n) is 8.30. The fraction of sp³-hybridized carbons (Fsp3) is 0.500. The minimum atomic E-state index is -0.217. The fourth-order valence-electron chi connectivity index (χ4n) is 3.40. The number of halogens is 2. The van der Waals surface area contributed by atoms with Gasteiger partial charge in [0, 0.05) is 37.2 Å². The number of likely N-dealkylation sites (tertiary alicyclic amines) is 1. The van der Waals surface area contributed by atoms with Gasteiger partial charge < -0.3 is 9.47 Å². The summed E-state index contributed by atoms with van der Waals surface area (Å²) in [4.78, 5) is 6.53. The zero-order valence-electron chi connectivity index (χ0n) is 16.7. The first-order valence-corrected chi connectivity index (χ1v) is 10.0. The minimum absolute atomic E-state index is 0.175. The van der Waals surface area contributed by atoms with E-state index in [1.54, 1.807) is 18.3 Å². The van der Waals surface area contributed by atoms with Crippen molar-refractivity contribution in [3.63, 3.8) is 0 Å². The molecule has 0 saturated carbocycles. The van der Waals surface area contributed by atoms with Crippen molar-refractivity contribution in [2.45, 2.75) is 38.7 Å². The predicted molar refractivity (Wildman–Crippen MR) is 109 cm³/mol. The van der Waals surface area contributed by atoms with Crippen molar-refractivity contribution in [2.75, 3.05) is 26.4 Å². The van der Waals surface area contributed by atoms with Crippen LogP contribution in [0.3, 0.4) is 0 Å². The molecule has 2 unspecified atom stereocenters. The summed E-state index contributed by atoms with van der Waals surface area (Å²) in [6.45, 7) is 9.12. The summed E-state index contributed by atoms with van der Waals surface area (Å²) in [7, 11) is 0. The number of aromatic nitrogens is 1. The molecule has 2 atom stereocenters. The van der Waals surface area contributed by atoms with Gasteiger partial charge in [0.25, 0.3) is 0 Å². The third-order valence-corrected chi connectivity index (χ3v) is 5.19. The van der Waals surface area contributed by atoms with Gasteiger partial charge in [0.1, 0.15) is 5.82 Å². The van der Waals surface area contributed by atoms with Crippen LogP contribution in [0, 0.1) is 11.7 Å². The Bertz CT molecular complexity index is 747. The van der Waals surface area contributed by atoms with Crippen LogP contribution < -0.4 is 4.74 Å². The number of nitrogens with zero attached hydrogens (tertiary/aromatic N) is 2. The van der Waals surface area contributed by atoms with Crippen LogP contribution in [0.15, 0.2) is 42.6 Å². The quantitative estimate of drug-likeness (QED) is 0.666. The molecule has 0 aliphatic carbocycles. The molecule has 1 aliphatic rings. The summed E-state index contributed by atoms with van der Waals surface area (Å²) in [5.41, 5.74) is 0.950. The van der Waals surface area contributed by atoms with E-state index >= 15 is 0 Å². The lowest BCUT2D eigenvalue weighted by Gasteiger charge is -2.39. The summed E-state index contributed by atoms with van der Waals surface area (Å²) >= 11 is 5.89. The Balaban J connectivity index is 1.68. The van der Waals surface area contributed by atoms with Crippen LogP contribution in [0.5, 0.6) is 5.88 Å². The zero-order valence-corrected chi connectivity index (χ0v) is 17.5. The highest BCUT2D eigenvalue weighted by molar-refractivity contribution is 6.30. The van der Waals surface area contributed by atoms with Gasteiger partial charge >= 0.3 is 0 Å². The molecule has 1 aliphatic heterocycles. The minimum Gasteiger partial charge on any atom is -0.477 e. The Labute approximate surface area is 171 Å². The molecule has 3 rings (SSSR count). The van der Waals surface area contributed by atoms with Gasteiger partial charge in [0.05, 0.1) is 24.0 Å². The van der Waals surface area contributed by atoms with Gasteiger partial charge in [-0.15, -0.1) is 0 Å². The lowest BCUT2D eigenvalue weighted by molar-refractivity contribution is -0.0755. The van der Waals surface area contributed by atoms with Crippen LogP contribution in [0.25, 0.3) is 0 Å². The first kappa shape index (κ1) is 21.0. The Kier molecular flexibility index (Phi) is 6.91. The lowest BCUT2D eigenvalue weighted by Crippen LogP contribution is -2.43. The van der Waals surface area contributed by atoms with E-state index in [1.165, 1.54) is 12.1 Å². The van der Waals surface area contributed by atoms with Crippen LogP contribution >= 0.6 is 11.6 Å². The highest BCUT2D eigenvalue weighted by atomic mass is 35.5. The summed E-state index contributed by atoms with van der Waals surface area (Å²) in [6.07, 6.45) is 2.56. The largest absolute Gasteiger partial charge is 0.477 e. The number of benzene rings is 1. The molecule has 0 spiro atoms. The molecule has 4 nitrogen and oxygen atoms in total. The standard InChI is InChI=1S/C22H28ClFN2O2/c1-22(2,3)28-15-26-11-10-17(14-27-21-9-6-18(23)12-25-21)20(13-26)16-4-7-19(24)8-5-16/h4-9,12,17,20H,10-11,13-15H2,1-3H3. The van der Waals surface area contributed by atoms with E-state index in [0.717, 1.165) is 25.1 Å². The zero-order chi connectivity index (χ0) is 20.1. The maximum Gasteiger partial charge on any atom is 0.213 e. The lowest BCUT2D eigenvalue weighted by atomic mass is 9.81. The number of hydrogen-bond donors (Lipinski definition) is 0. The molecule has 1 aromatic carbocycles. The number of ether oxygens (including phenoxy) is 2. The molecule has 0 bridgehead atoms. The topological polar surface area (TPSA) is 34.6 Å². The van der Waals surface area contributed by atoms with Crippen molar-refractivity contribution in [2.24, 2.45) is 5.92 Å². The molecular weight excluding hydrogens is 379 g/mol. The van der Waals surface area contributed by atoms with Gasteiger partial charge in [0.2, 0.25) is 5.88 Å². The number of rotatable bonds is 6. The van der Waals surface area contributed by atoms with Crippen LogP contribution in [0.4, 0.5) is 4.39 Å². The highest BCUT2D eigenvalue weighted by Gasteiger charge is 2.31. The predicted octanol–water partition coefficient (Wildman–Crippen LogP) is 5.13. The molecule has 6 heteroatoms. The second kappa shape index (κ2) is 9.21. The maximum absolute atomic E-state index is 13.4. The van der Waals surface area contributed by atoms with E-state index in [9.17, 15) is 4.39 Å². The molecule has 1 fully saturated rings. The summed E-state index contributed by atoms with van der Waals surface area (Å²) in [6, 6.07) is 10.4. The van der Waals surface area contributed by atoms with Crippen molar-refractivity contribution < 1.29 is 13.9 Å². The number of pyridine rings is 1. The van der Waals surface area contributed by atoms with E-state index in [2.05, 4.69) is 30.7 Å². The van der Waals surface area contributed by atoms with Crippen LogP contribution in [-0.4, -0.2) is 41.9 Å². The summed E-state index contributed by atoms with van der Waals surface area (Å²) in [5, 5.41) is 0.587. The highest BCUT2D eigenvalue weighted by Crippen LogP contribution is 2.33. The molecule has 0 radical (unpaired) electrons. The van der Waals surface area contributed by atoms with Crippen LogP contribution in [0.2, 0.25) is 5.02 Å². The molecule has 2 aromatic rings. The summed E-state index contributed by atoms with van der Waals surface area (Å²) < 4.78 is 25.3. The van der Waals surface area contributed by atoms with E-state index in [0.29, 0.717) is 30.2 Å². The smallest absolute Gasteiger partial charge is 0.213 e. The average molecular weight is 407 g/mol. The van der Waals surface area contributed by atoms with Crippen LogP contribution in [0.1, 0.15) is 38.7 Å². The van der Waals surface area contributed by atoms with Crippen molar-refractivity contribution in [1.82, 2.24) is 9.88 Å². The van der Waals surface area contributed by atoms with Gasteiger partial charge in [-0.25, -0.2) is 9.37 Å². The SMILES string of the molecule is CC(C)(C)OCN1CCC(COc2ccc(Cl)cn2)C(c2ccc(F)cc2)C1. The normalized spacial score (nSPS) is 20.9. The number of hydrogen-bond acceptors (Lipinski definition) is 4. The van der Waals surface area contributed by atoms with Crippen molar-refractivity contribution in [3.8, 4) is 5.88 Å². The maximum atomic E-state index is 13.4.